The Kier molecular flexibility index (Phi) is 3.50. The molecule has 1 heterocycles. The van der Waals surface area contributed by atoms with Gasteiger partial charge < -0.3 is 4.74 Å². The smallest absolute Gasteiger partial charge is 0.244 e. The molecule has 2 N–H and O–H groups in total. The van der Waals surface area contributed by atoms with Gasteiger partial charge >= 0.3 is 0 Å². The van der Waals surface area contributed by atoms with Gasteiger partial charge in [0, 0.05) is 13.2 Å². The average Bonchev–Trinajstić information content (AvgIpc) is 2.86. The number of methoxy groups -OCH3 is 1. The van der Waals surface area contributed by atoms with E-state index in [4.69, 9.17) is 4.74 Å². The van der Waals surface area contributed by atoms with Crippen LogP contribution in [0.1, 0.15) is 25.0 Å². The van der Waals surface area contributed by atoms with Gasteiger partial charge in [-0.1, -0.05) is 0 Å². The number of aromatic nitrogens is 2. The van der Waals surface area contributed by atoms with Gasteiger partial charge in [0.15, 0.2) is 0 Å². The van der Waals surface area contributed by atoms with E-state index >= 15 is 0 Å². The van der Waals surface area contributed by atoms with Crippen molar-refractivity contribution in [2.24, 2.45) is 0 Å². The van der Waals surface area contributed by atoms with E-state index in [-0.39, 0.29) is 17.0 Å². The highest BCUT2D eigenvalue weighted by Crippen LogP contribution is 2.23. The average molecular weight is 259 g/mol. The van der Waals surface area contributed by atoms with E-state index < -0.39 is 10.0 Å². The van der Waals surface area contributed by atoms with Crippen LogP contribution in [0.3, 0.4) is 0 Å². The quantitative estimate of drug-likeness (QED) is 0.827. The fourth-order valence-corrected chi connectivity index (χ4v) is 3.65. The molecule has 96 valence electrons. The predicted octanol–water partition coefficient (Wildman–Crippen LogP) is 0.564. The Morgan fingerprint density at radius 3 is 2.88 bits per heavy atom. The number of H-pyrrole nitrogens is 1. The van der Waals surface area contributed by atoms with Crippen LogP contribution in [-0.2, 0) is 14.8 Å². The van der Waals surface area contributed by atoms with Crippen molar-refractivity contribution in [3.8, 4) is 0 Å². The predicted molar refractivity (Wildman–Crippen MR) is 62.1 cm³/mol. The molecule has 1 aliphatic rings. The molecular weight excluding hydrogens is 242 g/mol. The second-order valence-electron chi connectivity index (χ2n) is 4.29. The summed E-state index contributed by atoms with van der Waals surface area (Å²) in [7, 11) is -1.89. The van der Waals surface area contributed by atoms with Crippen molar-refractivity contribution in [1.82, 2.24) is 14.9 Å². The number of aromatic amines is 1. The monoisotopic (exact) mass is 259 g/mol. The number of sulfonamides is 1. The zero-order valence-electron chi connectivity index (χ0n) is 9.93. The lowest BCUT2D eigenvalue weighted by molar-refractivity contribution is 0.0916. The van der Waals surface area contributed by atoms with E-state index in [1.54, 1.807) is 14.0 Å². The van der Waals surface area contributed by atoms with Gasteiger partial charge in [-0.25, -0.2) is 13.1 Å². The highest BCUT2D eigenvalue weighted by atomic mass is 32.2. The van der Waals surface area contributed by atoms with Gasteiger partial charge in [-0.05, 0) is 26.2 Å². The standard InChI is InChI=1S/C10H17N3O3S/c1-7-10(6-11-12-7)17(14,15)13-8-4-3-5-9(8)16-2/h6,8-9,13H,3-5H2,1-2H3,(H,11,12). The van der Waals surface area contributed by atoms with Crippen LogP contribution in [0, 0.1) is 6.92 Å². The Morgan fingerprint density at radius 1 is 1.53 bits per heavy atom. The van der Waals surface area contributed by atoms with E-state index in [1.807, 2.05) is 0 Å². The summed E-state index contributed by atoms with van der Waals surface area (Å²) in [5, 5.41) is 6.35. The number of ether oxygens (including phenoxy) is 1. The molecule has 6 nitrogen and oxygen atoms in total. The molecule has 0 aliphatic heterocycles. The largest absolute Gasteiger partial charge is 0.380 e. The maximum atomic E-state index is 12.1. The number of hydrogen-bond donors (Lipinski definition) is 2. The van der Waals surface area contributed by atoms with Crippen LogP contribution < -0.4 is 4.72 Å². The molecule has 1 fully saturated rings. The molecule has 0 spiro atoms. The molecule has 2 rings (SSSR count). The molecule has 0 bridgehead atoms. The molecular formula is C10H17N3O3S. The molecule has 0 amide bonds. The van der Waals surface area contributed by atoms with Crippen LogP contribution in [0.2, 0.25) is 0 Å². The SMILES string of the molecule is COC1CCCC1NS(=O)(=O)c1cn[nH]c1C. The van der Waals surface area contributed by atoms with Gasteiger partial charge in [0.2, 0.25) is 10.0 Å². The minimum Gasteiger partial charge on any atom is -0.380 e. The highest BCUT2D eigenvalue weighted by Gasteiger charge is 2.32. The minimum absolute atomic E-state index is 0.0306. The Labute approximate surface area is 101 Å². The molecule has 1 aromatic heterocycles. The lowest BCUT2D eigenvalue weighted by Crippen LogP contribution is -2.40. The fraction of sp³-hybridized carbons (Fsp3) is 0.700. The number of hydrogen-bond acceptors (Lipinski definition) is 4. The van der Waals surface area contributed by atoms with Crippen molar-refractivity contribution in [3.05, 3.63) is 11.9 Å². The van der Waals surface area contributed by atoms with E-state index in [9.17, 15) is 8.42 Å². The summed E-state index contributed by atoms with van der Waals surface area (Å²) in [6.07, 6.45) is 3.99. The third-order valence-corrected chi connectivity index (χ3v) is 4.74. The summed E-state index contributed by atoms with van der Waals surface area (Å²) < 4.78 is 32.2. The zero-order chi connectivity index (χ0) is 12.5. The Hall–Kier alpha value is -0.920. The van der Waals surface area contributed by atoms with Crippen molar-refractivity contribution in [2.45, 2.75) is 43.2 Å². The molecule has 7 heteroatoms. The van der Waals surface area contributed by atoms with Gasteiger partial charge in [0.1, 0.15) is 4.90 Å². The first-order valence-electron chi connectivity index (χ1n) is 5.59. The Balaban J connectivity index is 2.16. The van der Waals surface area contributed by atoms with Crippen molar-refractivity contribution < 1.29 is 13.2 Å². The summed E-state index contributed by atoms with van der Waals surface area (Å²) in [4.78, 5) is 0.208. The molecule has 1 aliphatic carbocycles. The van der Waals surface area contributed by atoms with Crippen molar-refractivity contribution in [3.63, 3.8) is 0 Å². The highest BCUT2D eigenvalue weighted by molar-refractivity contribution is 7.89. The van der Waals surface area contributed by atoms with Crippen LogP contribution in [0.15, 0.2) is 11.1 Å². The first kappa shape index (κ1) is 12.5. The van der Waals surface area contributed by atoms with Crippen molar-refractivity contribution in [2.75, 3.05) is 7.11 Å². The van der Waals surface area contributed by atoms with E-state index in [0.717, 1.165) is 19.3 Å². The van der Waals surface area contributed by atoms with Crippen LogP contribution in [0.25, 0.3) is 0 Å². The number of nitrogens with one attached hydrogen (secondary N) is 2. The first-order chi connectivity index (χ1) is 8.04. The lowest BCUT2D eigenvalue weighted by atomic mass is 10.2. The van der Waals surface area contributed by atoms with Gasteiger partial charge in [0.25, 0.3) is 0 Å². The minimum atomic E-state index is -3.50. The lowest BCUT2D eigenvalue weighted by Gasteiger charge is -2.19. The van der Waals surface area contributed by atoms with E-state index in [2.05, 4.69) is 14.9 Å². The molecule has 17 heavy (non-hydrogen) atoms. The molecule has 2 atom stereocenters. The molecule has 0 saturated heterocycles. The summed E-state index contributed by atoms with van der Waals surface area (Å²) >= 11 is 0. The van der Waals surface area contributed by atoms with Gasteiger partial charge in [-0.15, -0.1) is 0 Å². The van der Waals surface area contributed by atoms with E-state index in [1.165, 1.54) is 6.20 Å². The van der Waals surface area contributed by atoms with Crippen LogP contribution in [-0.4, -0.2) is 37.9 Å². The van der Waals surface area contributed by atoms with Crippen LogP contribution in [0.4, 0.5) is 0 Å². The third-order valence-electron chi connectivity index (χ3n) is 3.14. The van der Waals surface area contributed by atoms with Crippen molar-refractivity contribution in [1.29, 1.82) is 0 Å². The second-order valence-corrected chi connectivity index (χ2v) is 5.97. The number of nitrogens with zero attached hydrogens (tertiary/aromatic N) is 1. The van der Waals surface area contributed by atoms with Gasteiger partial charge in [0.05, 0.1) is 18.0 Å². The molecule has 2 unspecified atom stereocenters. The first-order valence-corrected chi connectivity index (χ1v) is 7.08. The van der Waals surface area contributed by atoms with Gasteiger partial charge in [-0.2, -0.15) is 5.10 Å². The Bertz CT molecular complexity index is 483. The second kappa shape index (κ2) is 4.75. The topological polar surface area (TPSA) is 84.1 Å². The third kappa shape index (κ3) is 2.51. The Morgan fingerprint density at radius 2 is 2.29 bits per heavy atom. The fourth-order valence-electron chi connectivity index (χ4n) is 2.22. The number of aryl methyl sites for hydroxylation is 1. The summed E-state index contributed by atoms with van der Waals surface area (Å²) in [6.45, 7) is 1.68. The van der Waals surface area contributed by atoms with E-state index in [0.29, 0.717) is 5.69 Å². The van der Waals surface area contributed by atoms with Crippen molar-refractivity contribution >= 4 is 10.0 Å². The molecule has 1 aromatic rings. The maximum Gasteiger partial charge on any atom is 0.244 e. The summed E-state index contributed by atoms with van der Waals surface area (Å²) in [5.41, 5.74) is 0.546. The normalized spacial score (nSPS) is 25.3. The van der Waals surface area contributed by atoms with Crippen LogP contribution >= 0.6 is 0 Å². The summed E-state index contributed by atoms with van der Waals surface area (Å²) in [6, 6.07) is -0.140. The number of rotatable bonds is 4. The summed E-state index contributed by atoms with van der Waals surface area (Å²) in [5.74, 6) is 0. The molecule has 1 saturated carbocycles. The zero-order valence-corrected chi connectivity index (χ0v) is 10.8. The maximum absolute atomic E-state index is 12.1. The molecule has 0 aromatic carbocycles. The molecule has 0 radical (unpaired) electrons. The van der Waals surface area contributed by atoms with Gasteiger partial charge in [-0.3, -0.25) is 5.10 Å². The van der Waals surface area contributed by atoms with Crippen LogP contribution in [0.5, 0.6) is 0 Å².